The SMILES string of the molecule is Cc1nc(N2CC3CC3C2)ccc1Cn1nnc(C(=O)N[C@@H]2CCc3c2n[nH]c3C)n1.Cc1nc(N2CC3CC3C2)ccc1Cn1nnc(C(=O)O)n1. The van der Waals surface area contributed by atoms with Crippen molar-refractivity contribution in [2.75, 3.05) is 36.0 Å². The Morgan fingerprint density at radius 1 is 0.792 bits per heavy atom. The zero-order valence-corrected chi connectivity index (χ0v) is 29.8. The number of carbonyl (C=O) groups excluding carboxylic acids is 1. The number of aromatic nitrogens is 12. The van der Waals surface area contributed by atoms with E-state index >= 15 is 0 Å². The molecule has 5 atom stereocenters. The fraction of sp³-hybridized carbons (Fsp3) is 0.514. The first-order valence-electron chi connectivity index (χ1n) is 18.2. The molecule has 5 aromatic heterocycles. The third kappa shape index (κ3) is 6.68. The summed E-state index contributed by atoms with van der Waals surface area (Å²) in [5, 5.41) is 42.5. The van der Waals surface area contributed by atoms with Crippen LogP contribution in [-0.4, -0.2) is 104 Å². The molecule has 3 N–H and O–H groups in total. The van der Waals surface area contributed by atoms with E-state index in [-0.39, 0.29) is 23.6 Å². The van der Waals surface area contributed by atoms with Gasteiger partial charge in [-0.1, -0.05) is 12.1 Å². The number of pyridine rings is 2. The Labute approximate surface area is 304 Å². The molecule has 53 heavy (non-hydrogen) atoms. The summed E-state index contributed by atoms with van der Waals surface area (Å²) in [6.45, 7) is 11.2. The molecule has 18 nitrogen and oxygen atoms in total. The van der Waals surface area contributed by atoms with Crippen molar-refractivity contribution in [2.24, 2.45) is 23.7 Å². The van der Waals surface area contributed by atoms with E-state index in [0.29, 0.717) is 13.1 Å². The van der Waals surface area contributed by atoms with E-state index < -0.39 is 5.97 Å². The van der Waals surface area contributed by atoms with Gasteiger partial charge in [0, 0.05) is 43.3 Å². The van der Waals surface area contributed by atoms with Crippen LogP contribution in [0.15, 0.2) is 24.3 Å². The third-order valence-corrected chi connectivity index (χ3v) is 11.3. The van der Waals surface area contributed by atoms with Gasteiger partial charge in [0.05, 0.1) is 24.8 Å². The van der Waals surface area contributed by atoms with Crippen molar-refractivity contribution in [1.29, 1.82) is 0 Å². The summed E-state index contributed by atoms with van der Waals surface area (Å²) in [6.07, 6.45) is 4.49. The van der Waals surface area contributed by atoms with Crippen LogP contribution in [0.25, 0.3) is 0 Å². The van der Waals surface area contributed by atoms with Gasteiger partial charge in [0.15, 0.2) is 0 Å². The molecule has 5 aliphatic rings. The molecule has 0 bridgehead atoms. The summed E-state index contributed by atoms with van der Waals surface area (Å²) in [5.41, 5.74) is 7.01. The molecule has 1 amide bonds. The van der Waals surface area contributed by atoms with Gasteiger partial charge in [-0.15, -0.1) is 20.4 Å². The summed E-state index contributed by atoms with van der Waals surface area (Å²) in [7, 11) is 0. The lowest BCUT2D eigenvalue weighted by Gasteiger charge is -2.20. The number of tetrazole rings is 2. The number of aromatic carboxylic acids is 1. The van der Waals surface area contributed by atoms with Crippen LogP contribution in [0.2, 0.25) is 0 Å². The standard InChI is InChI=1S/C21H25N9O.C14H16N6O2/c1-11-13(3-6-18(22-11)29-8-14-7-15(14)9-29)10-30-27-20(26-28-30)21(31)23-17-5-4-16-12(2)24-25-19(16)17;1-8-9(7-20-17-13(14(21)22)16-18-20)2-3-12(15-8)19-5-10-4-11(10)6-19/h3,6,14-15,17H,4-5,7-10H2,1-2H3,(H,23,31)(H,24,25);2-3,10-11H,4-7H2,1H3,(H,21,22)/t14?,15?,17-;/m1./s1. The number of rotatable bonds is 9. The van der Waals surface area contributed by atoms with Crippen LogP contribution in [0.1, 0.15) is 86.0 Å². The van der Waals surface area contributed by atoms with Gasteiger partial charge in [-0.25, -0.2) is 14.8 Å². The molecule has 5 aromatic rings. The number of hydrogen-bond acceptors (Lipinski definition) is 13. The van der Waals surface area contributed by atoms with E-state index in [4.69, 9.17) is 10.1 Å². The first kappa shape index (κ1) is 33.1. The molecule has 4 fully saturated rings. The van der Waals surface area contributed by atoms with E-state index in [1.165, 1.54) is 28.0 Å². The molecule has 18 heteroatoms. The first-order chi connectivity index (χ1) is 25.6. The topological polar surface area (TPSA) is 215 Å². The molecule has 2 aliphatic heterocycles. The molecule has 274 valence electrons. The number of anilines is 2. The Balaban J connectivity index is 0.000000149. The second-order valence-electron chi connectivity index (χ2n) is 15.0. The highest BCUT2D eigenvalue weighted by Crippen LogP contribution is 2.46. The zero-order valence-electron chi connectivity index (χ0n) is 29.8. The Kier molecular flexibility index (Phi) is 8.11. The molecule has 4 unspecified atom stereocenters. The highest BCUT2D eigenvalue weighted by atomic mass is 16.4. The molecular formula is C35H41N15O3. The number of carboxylic acid groups (broad SMARTS) is 1. The number of carbonyl (C=O) groups is 2. The maximum atomic E-state index is 12.6. The van der Waals surface area contributed by atoms with Crippen LogP contribution in [0.3, 0.4) is 0 Å². The summed E-state index contributed by atoms with van der Waals surface area (Å²) in [4.78, 5) is 40.3. The smallest absolute Gasteiger partial charge is 0.377 e. The number of hydrogen-bond donors (Lipinski definition) is 3. The number of H-pyrrole nitrogens is 1. The second-order valence-corrected chi connectivity index (χ2v) is 15.0. The molecule has 2 saturated carbocycles. The number of nitrogens with one attached hydrogen (secondary N) is 2. The number of nitrogens with zero attached hydrogens (tertiary/aromatic N) is 13. The Morgan fingerprint density at radius 2 is 1.32 bits per heavy atom. The van der Waals surface area contributed by atoms with Gasteiger partial charge in [0.25, 0.3) is 17.6 Å². The van der Waals surface area contributed by atoms with Gasteiger partial charge in [0.1, 0.15) is 11.6 Å². The van der Waals surface area contributed by atoms with E-state index in [1.807, 2.05) is 32.9 Å². The first-order valence-corrected chi connectivity index (χ1v) is 18.2. The van der Waals surface area contributed by atoms with Crippen molar-refractivity contribution < 1.29 is 14.7 Å². The van der Waals surface area contributed by atoms with E-state index in [9.17, 15) is 9.59 Å². The lowest BCUT2D eigenvalue weighted by Crippen LogP contribution is -2.28. The monoisotopic (exact) mass is 719 g/mol. The Hall–Kier alpha value is -5.81. The highest BCUT2D eigenvalue weighted by molar-refractivity contribution is 5.90. The zero-order chi connectivity index (χ0) is 36.4. The average molecular weight is 720 g/mol. The number of fused-ring (bicyclic) bond motifs is 3. The summed E-state index contributed by atoms with van der Waals surface area (Å²) < 4.78 is 0. The van der Waals surface area contributed by atoms with Crippen LogP contribution in [0, 0.1) is 44.4 Å². The molecule has 3 aliphatic carbocycles. The van der Waals surface area contributed by atoms with Crippen molar-refractivity contribution in [3.05, 3.63) is 75.4 Å². The third-order valence-electron chi connectivity index (χ3n) is 11.3. The molecule has 0 radical (unpaired) electrons. The van der Waals surface area contributed by atoms with Crippen molar-refractivity contribution in [1.82, 2.24) is 65.9 Å². The maximum Gasteiger partial charge on any atom is 0.377 e. The molecule has 2 saturated heterocycles. The lowest BCUT2D eigenvalue weighted by molar-refractivity contribution is 0.0682. The number of aromatic amines is 1. The van der Waals surface area contributed by atoms with Crippen LogP contribution >= 0.6 is 0 Å². The molecule has 0 aromatic carbocycles. The van der Waals surface area contributed by atoms with Crippen molar-refractivity contribution in [2.45, 2.75) is 65.6 Å². The van der Waals surface area contributed by atoms with Crippen LogP contribution in [0.5, 0.6) is 0 Å². The minimum absolute atomic E-state index is 0.0687. The molecule has 0 spiro atoms. The van der Waals surface area contributed by atoms with Crippen molar-refractivity contribution in [3.8, 4) is 0 Å². The fourth-order valence-corrected chi connectivity index (χ4v) is 7.98. The summed E-state index contributed by atoms with van der Waals surface area (Å²) >= 11 is 0. The lowest BCUT2D eigenvalue weighted by atomic mass is 10.2. The van der Waals surface area contributed by atoms with Gasteiger partial charge < -0.3 is 20.2 Å². The summed E-state index contributed by atoms with van der Waals surface area (Å²) in [5.74, 6) is 3.82. The Bertz CT molecular complexity index is 2190. The predicted molar refractivity (Wildman–Crippen MR) is 188 cm³/mol. The minimum Gasteiger partial charge on any atom is -0.475 e. The van der Waals surface area contributed by atoms with Gasteiger partial charge in [0.2, 0.25) is 0 Å². The van der Waals surface area contributed by atoms with Crippen LogP contribution < -0.4 is 15.1 Å². The summed E-state index contributed by atoms with van der Waals surface area (Å²) in [6, 6.07) is 8.05. The average Bonchev–Trinajstić information content (AvgIpc) is 3.61. The van der Waals surface area contributed by atoms with Gasteiger partial charge in [-0.3, -0.25) is 9.89 Å². The molecule has 10 rings (SSSR count). The predicted octanol–water partition coefficient (Wildman–Crippen LogP) is 1.91. The van der Waals surface area contributed by atoms with Gasteiger partial charge >= 0.3 is 5.97 Å². The van der Waals surface area contributed by atoms with E-state index in [2.05, 4.69) is 73.3 Å². The normalized spacial score (nSPS) is 23.3. The largest absolute Gasteiger partial charge is 0.475 e. The molecular weight excluding hydrogens is 678 g/mol. The number of amides is 1. The van der Waals surface area contributed by atoms with Crippen molar-refractivity contribution in [3.63, 3.8) is 0 Å². The van der Waals surface area contributed by atoms with Crippen molar-refractivity contribution >= 4 is 23.5 Å². The van der Waals surface area contributed by atoms with Crippen LogP contribution in [-0.2, 0) is 19.5 Å². The fourth-order valence-electron chi connectivity index (χ4n) is 7.98. The highest BCUT2D eigenvalue weighted by Gasteiger charge is 2.46. The quantitative estimate of drug-likeness (QED) is 0.199. The number of piperidine rings is 2. The molecule has 7 heterocycles. The second kappa shape index (κ2) is 13.0. The number of carboxylic acids is 1. The van der Waals surface area contributed by atoms with Crippen LogP contribution in [0.4, 0.5) is 11.6 Å². The maximum absolute atomic E-state index is 12.6. The minimum atomic E-state index is -1.18. The Morgan fingerprint density at radius 3 is 1.83 bits per heavy atom. The number of aryl methyl sites for hydroxylation is 3. The van der Waals surface area contributed by atoms with Gasteiger partial charge in [-0.05, 0) is 109 Å². The van der Waals surface area contributed by atoms with Gasteiger partial charge in [-0.2, -0.15) is 14.7 Å². The van der Waals surface area contributed by atoms with E-state index in [1.54, 1.807) is 0 Å². The van der Waals surface area contributed by atoms with E-state index in [0.717, 1.165) is 108 Å².